The fourth-order valence-corrected chi connectivity index (χ4v) is 2.46. The zero-order chi connectivity index (χ0) is 15.1. The molecular formula is C12H20N4O3S. The van der Waals surface area contributed by atoms with Gasteiger partial charge in [-0.2, -0.15) is 4.37 Å². The molecule has 0 atom stereocenters. The Morgan fingerprint density at radius 1 is 1.45 bits per heavy atom. The number of rotatable bonds is 7. The molecule has 1 aromatic heterocycles. The Kier molecular flexibility index (Phi) is 6.40. The van der Waals surface area contributed by atoms with Gasteiger partial charge in [-0.05, 0) is 24.4 Å². The Hall–Kier alpha value is -1.67. The van der Waals surface area contributed by atoms with E-state index in [1.807, 2.05) is 0 Å². The summed E-state index contributed by atoms with van der Waals surface area (Å²) >= 11 is 1.05. The van der Waals surface area contributed by atoms with Crippen LogP contribution < -0.4 is 11.1 Å². The third-order valence-electron chi connectivity index (χ3n) is 2.81. The van der Waals surface area contributed by atoms with Crippen molar-refractivity contribution in [3.63, 3.8) is 0 Å². The molecule has 0 aromatic carbocycles. The van der Waals surface area contributed by atoms with Crippen LogP contribution in [-0.4, -0.2) is 35.5 Å². The fourth-order valence-electron chi connectivity index (χ4n) is 1.63. The van der Waals surface area contributed by atoms with Gasteiger partial charge in [-0.25, -0.2) is 9.86 Å². The molecule has 1 aromatic rings. The minimum atomic E-state index is -0.583. The number of nitrogens with two attached hydrogens (primary N) is 1. The molecule has 0 saturated heterocycles. The van der Waals surface area contributed by atoms with Crippen molar-refractivity contribution < 1.29 is 14.4 Å². The van der Waals surface area contributed by atoms with Gasteiger partial charge in [-0.1, -0.05) is 19.8 Å². The number of nitrogens with one attached hydrogen (secondary N) is 1. The molecule has 0 saturated carbocycles. The first-order valence-corrected chi connectivity index (χ1v) is 7.15. The molecule has 0 unspecified atom stereocenters. The highest BCUT2D eigenvalue weighted by Crippen LogP contribution is 2.26. The number of urea groups is 1. The van der Waals surface area contributed by atoms with Crippen molar-refractivity contribution in [3.8, 4) is 0 Å². The van der Waals surface area contributed by atoms with Crippen molar-refractivity contribution in [2.45, 2.75) is 32.6 Å². The van der Waals surface area contributed by atoms with Gasteiger partial charge in [0.25, 0.3) is 5.91 Å². The van der Waals surface area contributed by atoms with Crippen molar-refractivity contribution in [1.29, 1.82) is 0 Å². The number of carbonyl (C=O) groups excluding carboxylic acids is 2. The van der Waals surface area contributed by atoms with Crippen LogP contribution in [-0.2, 0) is 11.3 Å². The van der Waals surface area contributed by atoms with Gasteiger partial charge in [0.05, 0.1) is 18.4 Å². The maximum atomic E-state index is 11.7. The number of unbranched alkanes of at least 4 members (excludes halogenated alkanes) is 2. The van der Waals surface area contributed by atoms with Crippen molar-refractivity contribution in [3.05, 3.63) is 11.3 Å². The molecule has 20 heavy (non-hydrogen) atoms. The SMILES string of the molecule is CCCCCc1nsc(NC(=O)N(C)OC)c1C(N)=O. The minimum Gasteiger partial charge on any atom is -0.365 e. The van der Waals surface area contributed by atoms with Crippen molar-refractivity contribution in [2.24, 2.45) is 5.73 Å². The van der Waals surface area contributed by atoms with Crippen LogP contribution in [0, 0.1) is 0 Å². The van der Waals surface area contributed by atoms with Crippen molar-refractivity contribution in [1.82, 2.24) is 9.44 Å². The average Bonchev–Trinajstić information content (AvgIpc) is 2.81. The first kappa shape index (κ1) is 16.4. The summed E-state index contributed by atoms with van der Waals surface area (Å²) in [5.74, 6) is -0.583. The number of aromatic nitrogens is 1. The van der Waals surface area contributed by atoms with E-state index in [9.17, 15) is 9.59 Å². The number of hydroxylamine groups is 2. The van der Waals surface area contributed by atoms with E-state index in [1.54, 1.807) is 0 Å². The number of primary amides is 1. The summed E-state index contributed by atoms with van der Waals surface area (Å²) in [5.41, 5.74) is 6.32. The molecular weight excluding hydrogens is 280 g/mol. The lowest BCUT2D eigenvalue weighted by molar-refractivity contribution is -0.0597. The molecule has 0 bridgehead atoms. The van der Waals surface area contributed by atoms with E-state index >= 15 is 0 Å². The van der Waals surface area contributed by atoms with Gasteiger partial charge in [0, 0.05) is 7.05 Å². The predicted octanol–water partition coefficient (Wildman–Crippen LogP) is 2.00. The van der Waals surface area contributed by atoms with Gasteiger partial charge in [-0.3, -0.25) is 14.9 Å². The number of hydrogen-bond acceptors (Lipinski definition) is 5. The third-order valence-corrected chi connectivity index (χ3v) is 3.61. The largest absolute Gasteiger partial charge is 0.365 e. The Bertz CT molecular complexity index is 475. The molecule has 3 amide bonds. The van der Waals surface area contributed by atoms with Crippen LogP contribution in [0.1, 0.15) is 42.2 Å². The zero-order valence-corrected chi connectivity index (χ0v) is 12.7. The molecule has 0 aliphatic carbocycles. The van der Waals surface area contributed by atoms with Crippen molar-refractivity contribution in [2.75, 3.05) is 19.5 Å². The van der Waals surface area contributed by atoms with Gasteiger partial charge in [0.2, 0.25) is 0 Å². The second-order valence-electron chi connectivity index (χ2n) is 4.26. The molecule has 0 aliphatic rings. The summed E-state index contributed by atoms with van der Waals surface area (Å²) in [6, 6.07) is -0.487. The maximum absolute atomic E-state index is 11.7. The van der Waals surface area contributed by atoms with E-state index < -0.39 is 11.9 Å². The second kappa shape index (κ2) is 7.81. The van der Waals surface area contributed by atoms with Crippen molar-refractivity contribution >= 4 is 28.5 Å². The molecule has 1 heterocycles. The number of aryl methyl sites for hydroxylation is 1. The Morgan fingerprint density at radius 3 is 2.70 bits per heavy atom. The molecule has 0 fully saturated rings. The topological polar surface area (TPSA) is 97.6 Å². The van der Waals surface area contributed by atoms with E-state index in [0.717, 1.165) is 35.9 Å². The Balaban J connectivity index is 2.86. The molecule has 0 spiro atoms. The average molecular weight is 300 g/mol. The monoisotopic (exact) mass is 300 g/mol. The van der Waals surface area contributed by atoms with Crippen LogP contribution in [0.25, 0.3) is 0 Å². The first-order valence-electron chi connectivity index (χ1n) is 6.38. The van der Waals surface area contributed by atoms with Gasteiger partial charge >= 0.3 is 6.03 Å². The molecule has 3 N–H and O–H groups in total. The second-order valence-corrected chi connectivity index (χ2v) is 5.04. The summed E-state index contributed by atoms with van der Waals surface area (Å²) < 4.78 is 4.21. The van der Waals surface area contributed by atoms with Gasteiger partial charge in [0.1, 0.15) is 5.00 Å². The van der Waals surface area contributed by atoms with E-state index in [4.69, 9.17) is 10.6 Å². The number of hydrogen-bond donors (Lipinski definition) is 2. The van der Waals surface area contributed by atoms with Crippen LogP contribution in [0.5, 0.6) is 0 Å². The molecule has 0 aliphatic heterocycles. The van der Waals surface area contributed by atoms with E-state index in [0.29, 0.717) is 22.7 Å². The predicted molar refractivity (Wildman–Crippen MR) is 77.7 cm³/mol. The maximum Gasteiger partial charge on any atom is 0.346 e. The highest BCUT2D eigenvalue weighted by atomic mass is 32.1. The lowest BCUT2D eigenvalue weighted by Crippen LogP contribution is -2.30. The highest BCUT2D eigenvalue weighted by molar-refractivity contribution is 7.11. The van der Waals surface area contributed by atoms with E-state index in [1.165, 1.54) is 14.2 Å². The van der Waals surface area contributed by atoms with Crippen LogP contribution in [0.2, 0.25) is 0 Å². The summed E-state index contributed by atoms with van der Waals surface area (Å²) in [4.78, 5) is 28.0. The summed E-state index contributed by atoms with van der Waals surface area (Å²) in [5, 5.41) is 3.94. The van der Waals surface area contributed by atoms with E-state index in [-0.39, 0.29) is 0 Å². The molecule has 0 radical (unpaired) electrons. The number of nitrogens with zero attached hydrogens (tertiary/aromatic N) is 2. The number of carbonyl (C=O) groups is 2. The number of amides is 3. The molecule has 8 heteroatoms. The molecule has 112 valence electrons. The first-order chi connectivity index (χ1) is 9.51. The summed E-state index contributed by atoms with van der Waals surface area (Å²) in [6.07, 6.45) is 3.76. The van der Waals surface area contributed by atoms with Crippen LogP contribution in [0.15, 0.2) is 0 Å². The lowest BCUT2D eigenvalue weighted by atomic mass is 10.1. The molecule has 1 rings (SSSR count). The van der Waals surface area contributed by atoms with Crippen LogP contribution in [0.3, 0.4) is 0 Å². The Morgan fingerprint density at radius 2 is 2.15 bits per heavy atom. The van der Waals surface area contributed by atoms with Gasteiger partial charge in [-0.15, -0.1) is 0 Å². The smallest absolute Gasteiger partial charge is 0.346 e. The highest BCUT2D eigenvalue weighted by Gasteiger charge is 2.21. The summed E-state index contributed by atoms with van der Waals surface area (Å²) in [7, 11) is 2.83. The van der Waals surface area contributed by atoms with E-state index in [2.05, 4.69) is 16.6 Å². The molecule has 7 nitrogen and oxygen atoms in total. The van der Waals surface area contributed by atoms with Gasteiger partial charge < -0.3 is 5.73 Å². The normalized spacial score (nSPS) is 10.3. The third kappa shape index (κ3) is 4.17. The van der Waals surface area contributed by atoms with Crippen LogP contribution in [0.4, 0.5) is 9.80 Å². The Labute approximate surface area is 122 Å². The van der Waals surface area contributed by atoms with Gasteiger partial charge in [0.15, 0.2) is 0 Å². The lowest BCUT2D eigenvalue weighted by Gasteiger charge is -2.13. The number of anilines is 1. The quantitative estimate of drug-likeness (QED) is 0.594. The summed E-state index contributed by atoms with van der Waals surface area (Å²) in [6.45, 7) is 2.10. The standard InChI is InChI=1S/C12H20N4O3S/c1-4-5-6-7-8-9(10(13)17)11(20-15-8)14-12(18)16(2)19-3/h4-7H2,1-3H3,(H2,13,17)(H,14,18). The fraction of sp³-hybridized carbons (Fsp3) is 0.583. The zero-order valence-electron chi connectivity index (χ0n) is 11.9. The minimum absolute atomic E-state index is 0.295. The van der Waals surface area contributed by atoms with Crippen LogP contribution >= 0.6 is 11.5 Å².